The van der Waals surface area contributed by atoms with Gasteiger partial charge in [0, 0.05) is 18.6 Å². The lowest BCUT2D eigenvalue weighted by Crippen LogP contribution is -2.51. The first-order chi connectivity index (χ1) is 7.48. The maximum atomic E-state index is 11.4. The quantitative estimate of drug-likeness (QED) is 0.719. The van der Waals surface area contributed by atoms with E-state index in [1.165, 1.54) is 0 Å². The molecule has 0 aromatic heterocycles. The fourth-order valence-electron chi connectivity index (χ4n) is 2.77. The molecule has 2 heterocycles. The molecule has 2 aliphatic heterocycles. The minimum atomic E-state index is -2.73. The van der Waals surface area contributed by atoms with Gasteiger partial charge in [-0.05, 0) is 31.7 Å². The molecule has 16 heavy (non-hydrogen) atoms. The van der Waals surface area contributed by atoms with E-state index >= 15 is 0 Å². The van der Waals surface area contributed by atoms with E-state index in [2.05, 4.69) is 11.8 Å². The molecule has 2 fully saturated rings. The van der Waals surface area contributed by atoms with Gasteiger partial charge < -0.3 is 5.73 Å². The van der Waals surface area contributed by atoms with Crippen molar-refractivity contribution in [1.82, 2.24) is 4.90 Å². The van der Waals surface area contributed by atoms with Gasteiger partial charge in [0.15, 0.2) is 0 Å². The van der Waals surface area contributed by atoms with Crippen molar-refractivity contribution in [2.24, 2.45) is 11.7 Å². The Kier molecular flexibility index (Phi) is 3.56. The Morgan fingerprint density at radius 1 is 1.19 bits per heavy atom. The van der Waals surface area contributed by atoms with Gasteiger partial charge in [0.2, 0.25) is 0 Å². The first-order valence-corrected chi connectivity index (χ1v) is 8.00. The summed E-state index contributed by atoms with van der Waals surface area (Å²) < 4.78 is 22.7. The molecule has 2 aliphatic rings. The van der Waals surface area contributed by atoms with Crippen LogP contribution in [0.5, 0.6) is 0 Å². The SMILES string of the molecule is CC1CN(C2CCS(=O)(=O)CC2)CCC1N. The first kappa shape index (κ1) is 12.3. The van der Waals surface area contributed by atoms with E-state index in [9.17, 15) is 8.42 Å². The number of hydrogen-bond acceptors (Lipinski definition) is 4. The number of hydrogen-bond donors (Lipinski definition) is 1. The Labute approximate surface area is 98.1 Å². The van der Waals surface area contributed by atoms with E-state index in [0.717, 1.165) is 32.4 Å². The standard InChI is InChI=1S/C11H22N2O2S/c1-9-8-13(5-2-11(9)12)10-3-6-16(14,15)7-4-10/h9-11H,2-8,12H2,1H3. The van der Waals surface area contributed by atoms with Crippen molar-refractivity contribution in [3.63, 3.8) is 0 Å². The van der Waals surface area contributed by atoms with Crippen molar-refractivity contribution in [2.75, 3.05) is 24.6 Å². The maximum Gasteiger partial charge on any atom is 0.150 e. The second-order valence-electron chi connectivity index (χ2n) is 5.31. The van der Waals surface area contributed by atoms with Crippen LogP contribution in [0.4, 0.5) is 0 Å². The summed E-state index contributed by atoms with van der Waals surface area (Å²) in [4.78, 5) is 2.45. The lowest BCUT2D eigenvalue weighted by Gasteiger charge is -2.41. The van der Waals surface area contributed by atoms with Crippen LogP contribution in [0.3, 0.4) is 0 Å². The third-order valence-electron chi connectivity index (χ3n) is 4.04. The van der Waals surface area contributed by atoms with Crippen molar-refractivity contribution < 1.29 is 8.42 Å². The molecule has 0 radical (unpaired) electrons. The molecule has 2 N–H and O–H groups in total. The minimum Gasteiger partial charge on any atom is -0.327 e. The van der Waals surface area contributed by atoms with Gasteiger partial charge in [-0.2, -0.15) is 0 Å². The van der Waals surface area contributed by atoms with Crippen LogP contribution in [-0.2, 0) is 9.84 Å². The van der Waals surface area contributed by atoms with Crippen molar-refractivity contribution >= 4 is 9.84 Å². The molecule has 5 heteroatoms. The summed E-state index contributed by atoms with van der Waals surface area (Å²) in [5, 5.41) is 0. The van der Waals surface area contributed by atoms with Crippen LogP contribution in [0.25, 0.3) is 0 Å². The Morgan fingerprint density at radius 2 is 1.81 bits per heavy atom. The van der Waals surface area contributed by atoms with Crippen molar-refractivity contribution in [2.45, 2.75) is 38.3 Å². The van der Waals surface area contributed by atoms with Crippen molar-refractivity contribution in [3.05, 3.63) is 0 Å². The Hall–Kier alpha value is -0.130. The van der Waals surface area contributed by atoms with Gasteiger partial charge >= 0.3 is 0 Å². The van der Waals surface area contributed by atoms with E-state index in [0.29, 0.717) is 29.5 Å². The minimum absolute atomic E-state index is 0.323. The highest BCUT2D eigenvalue weighted by atomic mass is 32.2. The van der Waals surface area contributed by atoms with Crippen molar-refractivity contribution in [1.29, 1.82) is 0 Å². The molecule has 4 nitrogen and oxygen atoms in total. The first-order valence-electron chi connectivity index (χ1n) is 6.18. The topological polar surface area (TPSA) is 63.4 Å². The Morgan fingerprint density at radius 3 is 2.38 bits per heavy atom. The van der Waals surface area contributed by atoms with E-state index in [-0.39, 0.29) is 0 Å². The molecule has 0 spiro atoms. The van der Waals surface area contributed by atoms with Crippen LogP contribution in [0, 0.1) is 5.92 Å². The van der Waals surface area contributed by atoms with Crippen molar-refractivity contribution in [3.8, 4) is 0 Å². The summed E-state index contributed by atoms with van der Waals surface area (Å²) in [5.74, 6) is 1.27. The summed E-state index contributed by atoms with van der Waals surface area (Å²) in [6.45, 7) is 4.26. The van der Waals surface area contributed by atoms with E-state index in [1.807, 2.05) is 0 Å². The predicted molar refractivity (Wildman–Crippen MR) is 65.0 cm³/mol. The molecule has 0 aliphatic carbocycles. The largest absolute Gasteiger partial charge is 0.327 e. The zero-order valence-electron chi connectivity index (χ0n) is 9.93. The van der Waals surface area contributed by atoms with E-state index in [1.54, 1.807) is 0 Å². The molecular weight excluding hydrogens is 224 g/mol. The van der Waals surface area contributed by atoms with Crippen LogP contribution in [0.2, 0.25) is 0 Å². The average molecular weight is 246 g/mol. The Bertz CT molecular complexity index is 328. The van der Waals surface area contributed by atoms with E-state index < -0.39 is 9.84 Å². The monoisotopic (exact) mass is 246 g/mol. The molecule has 0 aromatic carbocycles. The highest BCUT2D eigenvalue weighted by Gasteiger charge is 2.32. The summed E-state index contributed by atoms with van der Waals surface area (Å²) in [5.41, 5.74) is 5.99. The molecule has 2 rings (SSSR count). The Balaban J connectivity index is 1.90. The number of rotatable bonds is 1. The fraction of sp³-hybridized carbons (Fsp3) is 1.00. The summed E-state index contributed by atoms with van der Waals surface area (Å²) >= 11 is 0. The molecule has 0 amide bonds. The number of piperidine rings is 1. The highest BCUT2D eigenvalue weighted by molar-refractivity contribution is 7.91. The average Bonchev–Trinajstić information content (AvgIpc) is 2.22. The molecule has 2 unspecified atom stereocenters. The van der Waals surface area contributed by atoms with Crippen LogP contribution >= 0.6 is 0 Å². The van der Waals surface area contributed by atoms with Gasteiger partial charge in [-0.3, -0.25) is 4.90 Å². The third kappa shape index (κ3) is 2.76. The number of likely N-dealkylation sites (tertiary alicyclic amines) is 1. The number of nitrogens with two attached hydrogens (primary N) is 1. The maximum absolute atomic E-state index is 11.4. The number of nitrogens with zero attached hydrogens (tertiary/aromatic N) is 1. The van der Waals surface area contributed by atoms with E-state index in [4.69, 9.17) is 5.73 Å². The van der Waals surface area contributed by atoms with Gasteiger partial charge in [-0.1, -0.05) is 6.92 Å². The van der Waals surface area contributed by atoms with Gasteiger partial charge in [-0.15, -0.1) is 0 Å². The summed E-state index contributed by atoms with van der Waals surface area (Å²) in [6.07, 6.45) is 2.67. The van der Waals surface area contributed by atoms with Gasteiger partial charge in [-0.25, -0.2) is 8.42 Å². The van der Waals surface area contributed by atoms with Gasteiger partial charge in [0.05, 0.1) is 11.5 Å². The molecule has 0 saturated carbocycles. The zero-order chi connectivity index (χ0) is 11.8. The molecule has 2 atom stereocenters. The highest BCUT2D eigenvalue weighted by Crippen LogP contribution is 2.23. The molecule has 94 valence electrons. The van der Waals surface area contributed by atoms with Crippen LogP contribution in [-0.4, -0.2) is 50.0 Å². The molecule has 2 saturated heterocycles. The summed E-state index contributed by atoms with van der Waals surface area (Å²) in [6, 6.07) is 0.794. The second kappa shape index (κ2) is 4.63. The van der Waals surface area contributed by atoms with Crippen LogP contribution < -0.4 is 5.73 Å². The smallest absolute Gasteiger partial charge is 0.150 e. The fourth-order valence-corrected chi connectivity index (χ4v) is 4.24. The lowest BCUT2D eigenvalue weighted by atomic mass is 9.93. The molecular formula is C11H22N2O2S. The molecule has 0 bridgehead atoms. The normalized spacial score (nSPS) is 37.4. The number of sulfone groups is 1. The molecule has 0 aromatic rings. The zero-order valence-corrected chi connectivity index (χ0v) is 10.7. The third-order valence-corrected chi connectivity index (χ3v) is 5.76. The summed E-state index contributed by atoms with van der Waals surface area (Å²) in [7, 11) is -2.73. The van der Waals surface area contributed by atoms with Crippen LogP contribution in [0.15, 0.2) is 0 Å². The van der Waals surface area contributed by atoms with Gasteiger partial charge in [0.25, 0.3) is 0 Å². The lowest BCUT2D eigenvalue weighted by molar-refractivity contribution is 0.109. The van der Waals surface area contributed by atoms with Gasteiger partial charge in [0.1, 0.15) is 9.84 Å². The predicted octanol–water partition coefficient (Wildman–Crippen LogP) is 0.233. The van der Waals surface area contributed by atoms with Crippen LogP contribution in [0.1, 0.15) is 26.2 Å². The second-order valence-corrected chi connectivity index (χ2v) is 7.61.